The molecule has 1 aliphatic heterocycles. The molecule has 1 aliphatic rings. The predicted octanol–water partition coefficient (Wildman–Crippen LogP) is 6.67. The minimum Gasteiger partial charge on any atom is -0.444 e. The van der Waals surface area contributed by atoms with Crippen molar-refractivity contribution in [3.8, 4) is 0 Å². The Morgan fingerprint density at radius 1 is 0.912 bits per heavy atom. The molecule has 0 aromatic carbocycles. The van der Waals surface area contributed by atoms with Crippen LogP contribution in [-0.4, -0.2) is 73.8 Å². The zero-order valence-electron chi connectivity index (χ0n) is 24.4. The van der Waals surface area contributed by atoms with Crippen molar-refractivity contribution in [1.29, 1.82) is 0 Å². The average Bonchev–Trinajstić information content (AvgIpc) is 2.90. The standard InChI is InChI=1S/C26H52N2O5Si/c1-23(2,3)31-21(29)27(12)18-26(10,11)16-19-15-20(33-34(13,14)25(7,8)9)17-28(19)22(30)32-24(4,5)6/h19-20H,15-18H2,1-14H3/t19-,20+/m0/s1. The molecule has 1 heterocycles. The van der Waals surface area contributed by atoms with Crippen LogP contribution in [0.2, 0.25) is 18.1 Å². The summed E-state index contributed by atoms with van der Waals surface area (Å²) in [4.78, 5) is 29.1. The fraction of sp³-hybridized carbons (Fsp3) is 0.923. The van der Waals surface area contributed by atoms with E-state index in [-0.39, 0.29) is 34.8 Å². The molecular weight excluding hydrogens is 448 g/mol. The van der Waals surface area contributed by atoms with Gasteiger partial charge in [-0.25, -0.2) is 9.59 Å². The first kappa shape index (κ1) is 30.7. The highest BCUT2D eigenvalue weighted by Crippen LogP contribution is 2.40. The highest BCUT2D eigenvalue weighted by atomic mass is 28.4. The van der Waals surface area contributed by atoms with Crippen LogP contribution < -0.4 is 0 Å². The van der Waals surface area contributed by atoms with E-state index in [0.29, 0.717) is 13.1 Å². The lowest BCUT2D eigenvalue weighted by Gasteiger charge is -2.38. The number of rotatable bonds is 6. The molecule has 1 fully saturated rings. The van der Waals surface area contributed by atoms with E-state index >= 15 is 0 Å². The van der Waals surface area contributed by atoms with E-state index < -0.39 is 19.5 Å². The molecule has 0 unspecified atom stereocenters. The van der Waals surface area contributed by atoms with Gasteiger partial charge in [-0.05, 0) is 77.9 Å². The molecule has 7 nitrogen and oxygen atoms in total. The van der Waals surface area contributed by atoms with Gasteiger partial charge < -0.3 is 23.7 Å². The van der Waals surface area contributed by atoms with Gasteiger partial charge in [0.05, 0.1) is 6.10 Å². The molecule has 0 radical (unpaired) electrons. The largest absolute Gasteiger partial charge is 0.444 e. The molecular formula is C26H52N2O5Si. The number of carbonyl (C=O) groups excluding carboxylic acids is 2. The van der Waals surface area contributed by atoms with Crippen LogP contribution in [0.25, 0.3) is 0 Å². The fourth-order valence-corrected chi connectivity index (χ4v) is 5.40. The monoisotopic (exact) mass is 500 g/mol. The van der Waals surface area contributed by atoms with Crippen LogP contribution in [0, 0.1) is 5.41 Å². The Balaban J connectivity index is 3.02. The highest BCUT2D eigenvalue weighted by molar-refractivity contribution is 6.74. The molecule has 1 rings (SSSR count). The Labute approximate surface area is 210 Å². The van der Waals surface area contributed by atoms with Gasteiger partial charge in [-0.3, -0.25) is 0 Å². The zero-order valence-corrected chi connectivity index (χ0v) is 25.4. The summed E-state index contributed by atoms with van der Waals surface area (Å²) in [6, 6.07) is -0.0216. The third kappa shape index (κ3) is 9.76. The van der Waals surface area contributed by atoms with E-state index in [4.69, 9.17) is 13.9 Å². The summed E-state index contributed by atoms with van der Waals surface area (Å²) in [5.41, 5.74) is -1.34. The molecule has 0 saturated carbocycles. The van der Waals surface area contributed by atoms with Crippen LogP contribution in [0.15, 0.2) is 0 Å². The lowest BCUT2D eigenvalue weighted by Crippen LogP contribution is -2.45. The third-order valence-corrected chi connectivity index (χ3v) is 11.0. The molecule has 2 amide bonds. The topological polar surface area (TPSA) is 68.3 Å². The van der Waals surface area contributed by atoms with Crippen molar-refractivity contribution in [2.75, 3.05) is 20.1 Å². The van der Waals surface area contributed by atoms with Crippen molar-refractivity contribution < 1.29 is 23.5 Å². The zero-order chi connectivity index (χ0) is 26.9. The van der Waals surface area contributed by atoms with Crippen molar-refractivity contribution in [3.63, 3.8) is 0 Å². The van der Waals surface area contributed by atoms with E-state index in [1.165, 1.54) is 0 Å². The molecule has 0 aromatic heterocycles. The highest BCUT2D eigenvalue weighted by Gasteiger charge is 2.45. The predicted molar refractivity (Wildman–Crippen MR) is 141 cm³/mol. The number of likely N-dealkylation sites (tertiary alicyclic amines) is 1. The van der Waals surface area contributed by atoms with Gasteiger partial charge in [-0.15, -0.1) is 0 Å². The molecule has 0 spiro atoms. The second kappa shape index (κ2) is 10.4. The molecule has 8 heteroatoms. The Morgan fingerprint density at radius 2 is 1.41 bits per heavy atom. The molecule has 34 heavy (non-hydrogen) atoms. The second-order valence-electron chi connectivity index (χ2n) is 14.2. The van der Waals surface area contributed by atoms with Gasteiger partial charge in [0.15, 0.2) is 8.32 Å². The van der Waals surface area contributed by atoms with Crippen LogP contribution in [0.1, 0.15) is 89.0 Å². The Bertz CT molecular complexity index is 716. The molecule has 0 aliphatic carbocycles. The Kier molecular flexibility index (Phi) is 9.38. The summed E-state index contributed by atoms with van der Waals surface area (Å²) >= 11 is 0. The number of hydrogen-bond donors (Lipinski definition) is 0. The van der Waals surface area contributed by atoms with Crippen LogP contribution in [0.4, 0.5) is 9.59 Å². The van der Waals surface area contributed by atoms with Crippen molar-refractivity contribution in [2.24, 2.45) is 5.41 Å². The molecule has 0 N–H and O–H groups in total. The smallest absolute Gasteiger partial charge is 0.410 e. The van der Waals surface area contributed by atoms with Crippen molar-refractivity contribution >= 4 is 20.5 Å². The minimum absolute atomic E-state index is 0.0159. The Morgan fingerprint density at radius 3 is 1.85 bits per heavy atom. The van der Waals surface area contributed by atoms with E-state index in [1.807, 2.05) is 46.4 Å². The number of hydrogen-bond acceptors (Lipinski definition) is 5. The van der Waals surface area contributed by atoms with E-state index in [0.717, 1.165) is 12.8 Å². The first-order valence-corrected chi connectivity index (χ1v) is 15.4. The number of nitrogens with zero attached hydrogens (tertiary/aromatic N) is 2. The van der Waals surface area contributed by atoms with Crippen molar-refractivity contribution in [1.82, 2.24) is 9.80 Å². The van der Waals surface area contributed by atoms with Crippen LogP contribution in [-0.2, 0) is 13.9 Å². The fourth-order valence-electron chi connectivity index (χ4n) is 4.04. The average molecular weight is 501 g/mol. The molecule has 1 saturated heterocycles. The van der Waals surface area contributed by atoms with Gasteiger partial charge in [0.25, 0.3) is 0 Å². The Hall–Kier alpha value is -1.28. The number of carbonyl (C=O) groups is 2. The lowest BCUT2D eigenvalue weighted by atomic mass is 9.84. The minimum atomic E-state index is -1.98. The SMILES string of the molecule is CN(CC(C)(C)C[C@@H]1C[C@@H](O[Si](C)(C)C(C)(C)C)CN1C(=O)OC(C)(C)C)C(=O)OC(C)(C)C. The maximum Gasteiger partial charge on any atom is 0.410 e. The number of ether oxygens (including phenoxy) is 2. The van der Waals surface area contributed by atoms with Crippen molar-refractivity contribution in [3.05, 3.63) is 0 Å². The summed E-state index contributed by atoms with van der Waals surface area (Å²) in [5, 5.41) is 0.0945. The lowest BCUT2D eigenvalue weighted by molar-refractivity contribution is 0.0119. The van der Waals surface area contributed by atoms with Gasteiger partial charge in [0.2, 0.25) is 0 Å². The van der Waals surface area contributed by atoms with Crippen molar-refractivity contribution in [2.45, 2.75) is 130 Å². The molecule has 200 valence electrons. The second-order valence-corrected chi connectivity index (χ2v) is 19.0. The van der Waals surface area contributed by atoms with Gasteiger partial charge in [-0.1, -0.05) is 34.6 Å². The molecule has 2 atom stereocenters. The summed E-state index contributed by atoms with van der Waals surface area (Å²) in [6.45, 7) is 27.8. The van der Waals surface area contributed by atoms with Crippen LogP contribution >= 0.6 is 0 Å². The summed E-state index contributed by atoms with van der Waals surface area (Å²) in [7, 11) is -0.218. The van der Waals surface area contributed by atoms with Gasteiger partial charge in [0, 0.05) is 26.2 Å². The van der Waals surface area contributed by atoms with Crippen LogP contribution in [0.5, 0.6) is 0 Å². The first-order valence-electron chi connectivity index (χ1n) is 12.5. The van der Waals surface area contributed by atoms with Gasteiger partial charge in [-0.2, -0.15) is 0 Å². The maximum atomic E-state index is 13.1. The number of amides is 2. The maximum absolute atomic E-state index is 13.1. The third-order valence-electron chi connectivity index (χ3n) is 6.43. The van der Waals surface area contributed by atoms with Gasteiger partial charge >= 0.3 is 12.2 Å². The molecule has 0 aromatic rings. The van der Waals surface area contributed by atoms with E-state index in [1.54, 1.807) is 11.9 Å². The summed E-state index contributed by atoms with van der Waals surface area (Å²) in [5.74, 6) is 0. The first-order chi connectivity index (χ1) is 14.9. The molecule has 0 bridgehead atoms. The van der Waals surface area contributed by atoms with Gasteiger partial charge in [0.1, 0.15) is 11.2 Å². The van der Waals surface area contributed by atoms with Crippen LogP contribution in [0.3, 0.4) is 0 Å². The quantitative estimate of drug-likeness (QED) is 0.381. The normalized spacial score (nSPS) is 20.4. The van der Waals surface area contributed by atoms with E-state index in [2.05, 4.69) is 47.7 Å². The summed E-state index contributed by atoms with van der Waals surface area (Å²) < 4.78 is 18.0. The van der Waals surface area contributed by atoms with E-state index in [9.17, 15) is 9.59 Å². The summed E-state index contributed by atoms with van der Waals surface area (Å²) in [6.07, 6.45) is 0.852.